The summed E-state index contributed by atoms with van der Waals surface area (Å²) in [7, 11) is 2.05. The van der Waals surface area contributed by atoms with Gasteiger partial charge in [0.05, 0.1) is 6.34 Å². The molecule has 2 N–H and O–H groups in total. The normalized spacial score (nSPS) is 20.0. The van der Waals surface area contributed by atoms with E-state index in [9.17, 15) is 4.79 Å². The van der Waals surface area contributed by atoms with Gasteiger partial charge in [-0.3, -0.25) is 9.79 Å². The molecule has 104 valence electrons. The van der Waals surface area contributed by atoms with E-state index in [2.05, 4.69) is 27.6 Å². The second kappa shape index (κ2) is 8.91. The predicted molar refractivity (Wildman–Crippen MR) is 74.9 cm³/mol. The van der Waals surface area contributed by atoms with Crippen LogP contribution >= 0.6 is 0 Å². The third-order valence-corrected chi connectivity index (χ3v) is 3.15. The predicted octanol–water partition coefficient (Wildman–Crippen LogP) is 0.615. The summed E-state index contributed by atoms with van der Waals surface area (Å²) in [6.07, 6.45) is 5.76. The monoisotopic (exact) mass is 254 g/mol. The topological polar surface area (TPSA) is 56.7 Å². The summed E-state index contributed by atoms with van der Waals surface area (Å²) in [5, 5.41) is 6.23. The van der Waals surface area contributed by atoms with E-state index in [-0.39, 0.29) is 5.91 Å². The molecule has 1 heterocycles. The Bertz CT molecular complexity index is 262. The third kappa shape index (κ3) is 6.00. The second-order valence-electron chi connectivity index (χ2n) is 4.79. The molecule has 1 saturated heterocycles. The molecule has 18 heavy (non-hydrogen) atoms. The van der Waals surface area contributed by atoms with Gasteiger partial charge in [0.2, 0.25) is 5.91 Å². The molecule has 0 aromatic heterocycles. The fourth-order valence-electron chi connectivity index (χ4n) is 1.98. The van der Waals surface area contributed by atoms with Gasteiger partial charge in [-0.15, -0.1) is 0 Å². The van der Waals surface area contributed by atoms with Crippen molar-refractivity contribution in [2.75, 3.05) is 33.2 Å². The molecule has 0 bridgehead atoms. The van der Waals surface area contributed by atoms with Crippen molar-refractivity contribution in [2.24, 2.45) is 4.99 Å². The van der Waals surface area contributed by atoms with Crippen LogP contribution in [0.4, 0.5) is 0 Å². The van der Waals surface area contributed by atoms with E-state index < -0.39 is 0 Å². The Labute approximate surface area is 110 Å². The lowest BCUT2D eigenvalue weighted by molar-refractivity contribution is -0.120. The molecule has 1 aliphatic heterocycles. The van der Waals surface area contributed by atoms with Gasteiger partial charge in [0.1, 0.15) is 0 Å². The first-order chi connectivity index (χ1) is 8.74. The zero-order chi connectivity index (χ0) is 13.2. The number of hydrogen-bond donors (Lipinski definition) is 2. The minimum Gasteiger partial charge on any atom is -0.362 e. The standard InChI is InChI=1S/C13H26N4O/c1-3-7-16-13(18)6-9-15-11-17(2)12-5-4-8-14-10-12/h11-12,14H,3-10H2,1-2H3,(H,16,18)/b15-11+. The number of amides is 1. The maximum Gasteiger partial charge on any atom is 0.221 e. The average Bonchev–Trinajstić information content (AvgIpc) is 2.42. The molecule has 1 fully saturated rings. The minimum absolute atomic E-state index is 0.0935. The van der Waals surface area contributed by atoms with Crippen molar-refractivity contribution < 1.29 is 4.79 Å². The molecule has 5 nitrogen and oxygen atoms in total. The van der Waals surface area contributed by atoms with E-state index in [1.54, 1.807) is 0 Å². The molecule has 1 aliphatic rings. The first-order valence-electron chi connectivity index (χ1n) is 6.93. The van der Waals surface area contributed by atoms with E-state index in [0.29, 0.717) is 19.0 Å². The number of aliphatic imine (C=N–C) groups is 1. The maximum atomic E-state index is 11.3. The van der Waals surface area contributed by atoms with Crippen LogP contribution in [0, 0.1) is 0 Å². The number of rotatable bonds is 7. The Morgan fingerprint density at radius 1 is 1.61 bits per heavy atom. The largest absolute Gasteiger partial charge is 0.362 e. The molecule has 0 aromatic rings. The summed E-state index contributed by atoms with van der Waals surface area (Å²) in [4.78, 5) is 17.8. The SMILES string of the molecule is CCCNC(=O)CC/N=C/N(C)C1CCCNC1. The number of nitrogens with zero attached hydrogens (tertiary/aromatic N) is 2. The fourth-order valence-corrected chi connectivity index (χ4v) is 1.98. The molecule has 0 aliphatic carbocycles. The van der Waals surface area contributed by atoms with E-state index in [1.807, 2.05) is 13.3 Å². The Kier molecular flexibility index (Phi) is 7.41. The van der Waals surface area contributed by atoms with Crippen molar-refractivity contribution in [3.63, 3.8) is 0 Å². The summed E-state index contributed by atoms with van der Waals surface area (Å²) in [5.41, 5.74) is 0. The van der Waals surface area contributed by atoms with Gasteiger partial charge in [0.25, 0.3) is 0 Å². The zero-order valence-electron chi connectivity index (χ0n) is 11.6. The van der Waals surface area contributed by atoms with Gasteiger partial charge in [-0.2, -0.15) is 0 Å². The van der Waals surface area contributed by atoms with Crippen molar-refractivity contribution in [1.29, 1.82) is 0 Å². The molecular weight excluding hydrogens is 228 g/mol. The quantitative estimate of drug-likeness (QED) is 0.517. The summed E-state index contributed by atoms with van der Waals surface area (Å²) in [6, 6.07) is 0.538. The minimum atomic E-state index is 0.0935. The molecule has 1 unspecified atom stereocenters. The molecular formula is C13H26N4O. The van der Waals surface area contributed by atoms with Crippen molar-refractivity contribution in [3.05, 3.63) is 0 Å². The smallest absolute Gasteiger partial charge is 0.221 e. The lowest BCUT2D eigenvalue weighted by atomic mass is 10.1. The first-order valence-corrected chi connectivity index (χ1v) is 6.93. The van der Waals surface area contributed by atoms with E-state index >= 15 is 0 Å². The Morgan fingerprint density at radius 3 is 3.11 bits per heavy atom. The van der Waals surface area contributed by atoms with Crippen LogP contribution in [-0.2, 0) is 4.79 Å². The van der Waals surface area contributed by atoms with Gasteiger partial charge >= 0.3 is 0 Å². The lowest BCUT2D eigenvalue weighted by Gasteiger charge is -2.30. The number of hydrogen-bond acceptors (Lipinski definition) is 3. The highest BCUT2D eigenvalue weighted by Gasteiger charge is 2.15. The number of likely N-dealkylation sites (N-methyl/N-ethyl adjacent to an activating group) is 1. The Balaban J connectivity index is 2.13. The molecule has 1 atom stereocenters. The molecule has 0 spiro atoms. The van der Waals surface area contributed by atoms with Crippen LogP contribution in [0.5, 0.6) is 0 Å². The molecule has 0 aromatic carbocycles. The van der Waals surface area contributed by atoms with Crippen LogP contribution in [0.25, 0.3) is 0 Å². The molecule has 0 radical (unpaired) electrons. The van der Waals surface area contributed by atoms with Crippen molar-refractivity contribution in [3.8, 4) is 0 Å². The van der Waals surface area contributed by atoms with Crippen molar-refractivity contribution in [1.82, 2.24) is 15.5 Å². The van der Waals surface area contributed by atoms with Gasteiger partial charge in [0.15, 0.2) is 0 Å². The number of carbonyl (C=O) groups is 1. The lowest BCUT2D eigenvalue weighted by Crippen LogP contribution is -2.43. The van der Waals surface area contributed by atoms with Crippen molar-refractivity contribution >= 4 is 12.2 Å². The van der Waals surface area contributed by atoms with Crippen LogP contribution in [-0.4, -0.2) is 56.4 Å². The van der Waals surface area contributed by atoms with Gasteiger partial charge in [-0.05, 0) is 25.8 Å². The van der Waals surface area contributed by atoms with Gasteiger partial charge in [-0.1, -0.05) is 6.92 Å². The van der Waals surface area contributed by atoms with Gasteiger partial charge in [-0.25, -0.2) is 0 Å². The number of carbonyl (C=O) groups excluding carboxylic acids is 1. The zero-order valence-corrected chi connectivity index (χ0v) is 11.6. The Hall–Kier alpha value is -1.10. The highest BCUT2D eigenvalue weighted by Crippen LogP contribution is 2.06. The molecule has 1 amide bonds. The van der Waals surface area contributed by atoms with Crippen LogP contribution in [0.3, 0.4) is 0 Å². The summed E-state index contributed by atoms with van der Waals surface area (Å²) < 4.78 is 0. The van der Waals surface area contributed by atoms with Crippen LogP contribution < -0.4 is 10.6 Å². The molecule has 1 rings (SSSR count). The summed E-state index contributed by atoms with van der Waals surface area (Å²) in [5.74, 6) is 0.0935. The fraction of sp³-hybridized carbons (Fsp3) is 0.846. The molecule has 0 saturated carbocycles. The van der Waals surface area contributed by atoms with Gasteiger partial charge in [0, 0.05) is 39.1 Å². The highest BCUT2D eigenvalue weighted by atomic mass is 16.1. The van der Waals surface area contributed by atoms with Crippen LogP contribution in [0.2, 0.25) is 0 Å². The van der Waals surface area contributed by atoms with Crippen molar-refractivity contribution in [2.45, 2.75) is 38.6 Å². The van der Waals surface area contributed by atoms with E-state index in [1.165, 1.54) is 12.8 Å². The first kappa shape index (κ1) is 15.0. The summed E-state index contributed by atoms with van der Waals surface area (Å²) in [6.45, 7) is 5.53. The summed E-state index contributed by atoms with van der Waals surface area (Å²) >= 11 is 0. The van der Waals surface area contributed by atoms with E-state index in [0.717, 1.165) is 26.1 Å². The van der Waals surface area contributed by atoms with Gasteiger partial charge < -0.3 is 15.5 Å². The maximum absolute atomic E-state index is 11.3. The van der Waals surface area contributed by atoms with Crippen LogP contribution in [0.15, 0.2) is 4.99 Å². The average molecular weight is 254 g/mol. The highest BCUT2D eigenvalue weighted by molar-refractivity contribution is 5.76. The number of piperidine rings is 1. The third-order valence-electron chi connectivity index (χ3n) is 3.15. The number of nitrogens with one attached hydrogen (secondary N) is 2. The second-order valence-corrected chi connectivity index (χ2v) is 4.79. The molecule has 5 heteroatoms. The van der Waals surface area contributed by atoms with E-state index in [4.69, 9.17) is 0 Å². The Morgan fingerprint density at radius 2 is 2.44 bits per heavy atom. The van der Waals surface area contributed by atoms with Crippen LogP contribution in [0.1, 0.15) is 32.6 Å².